The predicted octanol–water partition coefficient (Wildman–Crippen LogP) is 11.5. The van der Waals surface area contributed by atoms with Gasteiger partial charge in [-0.15, -0.1) is 0 Å². The van der Waals surface area contributed by atoms with Gasteiger partial charge in [0.1, 0.15) is 0 Å². The number of fused-ring (bicyclic) bond motifs is 15. The number of hydrogen-bond acceptors (Lipinski definition) is 2. The Morgan fingerprint density at radius 1 is 0.400 bits per heavy atom. The maximum Gasteiger partial charge on any atom is 0.252 e. The zero-order valence-electron chi connectivity index (χ0n) is 31.1. The van der Waals surface area contributed by atoms with E-state index in [4.69, 9.17) is 0 Å². The molecule has 7 aromatic rings. The molecule has 0 atom stereocenters. The Hall–Kier alpha value is -5.80. The summed E-state index contributed by atoms with van der Waals surface area (Å²) in [5, 5.41) is 0. The van der Waals surface area contributed by atoms with Crippen LogP contribution in [0.25, 0.3) is 22.3 Å². The number of para-hydroxylation sites is 2. The molecule has 4 aliphatic carbocycles. The van der Waals surface area contributed by atoms with Gasteiger partial charge in [-0.2, -0.15) is 0 Å². The Labute approximate surface area is 324 Å². The van der Waals surface area contributed by atoms with E-state index < -0.39 is 0 Å². The van der Waals surface area contributed by atoms with Crippen LogP contribution in [-0.4, -0.2) is 6.71 Å². The van der Waals surface area contributed by atoms with Crippen molar-refractivity contribution >= 4 is 57.2 Å². The first kappa shape index (κ1) is 30.5. The Balaban J connectivity index is 1.16. The van der Waals surface area contributed by atoms with E-state index in [0.29, 0.717) is 0 Å². The number of hydrogen-bond donors (Lipinski definition) is 0. The van der Waals surface area contributed by atoms with Gasteiger partial charge in [0.05, 0.1) is 0 Å². The zero-order valence-corrected chi connectivity index (χ0v) is 31.1. The molecule has 7 aromatic carbocycles. The molecule has 0 bridgehead atoms. The van der Waals surface area contributed by atoms with Crippen LogP contribution in [0.4, 0.5) is 34.1 Å². The minimum absolute atomic E-state index is 0.0949. The van der Waals surface area contributed by atoms with Gasteiger partial charge in [0.25, 0.3) is 6.71 Å². The van der Waals surface area contributed by atoms with E-state index >= 15 is 0 Å². The summed E-state index contributed by atoms with van der Waals surface area (Å²) in [6, 6.07) is 58.6. The molecule has 0 saturated heterocycles. The average molecular weight is 705 g/mol. The summed E-state index contributed by atoms with van der Waals surface area (Å²) >= 11 is 0. The van der Waals surface area contributed by atoms with Gasteiger partial charge < -0.3 is 9.80 Å². The van der Waals surface area contributed by atoms with Gasteiger partial charge in [-0.25, -0.2) is 0 Å². The quantitative estimate of drug-likeness (QED) is 0.165. The lowest BCUT2D eigenvalue weighted by molar-refractivity contribution is 0.550. The lowest BCUT2D eigenvalue weighted by Crippen LogP contribution is -2.61. The Morgan fingerprint density at radius 2 is 0.964 bits per heavy atom. The molecular weight excluding hydrogens is 663 g/mol. The van der Waals surface area contributed by atoms with Crippen LogP contribution >= 0.6 is 0 Å². The molecule has 0 unspecified atom stereocenters. The highest BCUT2D eigenvalue weighted by molar-refractivity contribution is 7.00. The van der Waals surface area contributed by atoms with E-state index in [0.717, 1.165) is 0 Å². The third-order valence-corrected chi connectivity index (χ3v) is 14.7. The predicted molar refractivity (Wildman–Crippen MR) is 230 cm³/mol. The molecule has 2 aliphatic heterocycles. The van der Waals surface area contributed by atoms with Crippen LogP contribution in [0.15, 0.2) is 152 Å². The second-order valence-electron chi connectivity index (χ2n) is 17.0. The van der Waals surface area contributed by atoms with E-state index in [1.54, 1.807) is 22.3 Å². The first-order chi connectivity index (χ1) is 27.3. The monoisotopic (exact) mass is 704 g/mol. The van der Waals surface area contributed by atoms with Gasteiger partial charge in [-0.3, -0.25) is 0 Å². The van der Waals surface area contributed by atoms with Gasteiger partial charge in [0.15, 0.2) is 0 Å². The first-order valence-electron chi connectivity index (χ1n) is 20.7. The number of benzene rings is 7. The van der Waals surface area contributed by atoms with Crippen LogP contribution in [0.1, 0.15) is 73.6 Å². The molecule has 2 fully saturated rings. The maximum atomic E-state index is 2.71. The van der Waals surface area contributed by atoms with Crippen molar-refractivity contribution in [2.75, 3.05) is 9.80 Å². The van der Waals surface area contributed by atoms with Gasteiger partial charge >= 0.3 is 0 Å². The summed E-state index contributed by atoms with van der Waals surface area (Å²) in [4.78, 5) is 5.22. The summed E-state index contributed by atoms with van der Waals surface area (Å²) in [5.41, 5.74) is 24.1. The van der Waals surface area contributed by atoms with Crippen LogP contribution in [0.2, 0.25) is 0 Å². The number of rotatable bonds is 2. The summed E-state index contributed by atoms with van der Waals surface area (Å²) in [6.45, 7) is 0.0983. The van der Waals surface area contributed by atoms with Gasteiger partial charge in [-0.1, -0.05) is 135 Å². The van der Waals surface area contributed by atoms with Crippen molar-refractivity contribution < 1.29 is 0 Å². The highest BCUT2D eigenvalue weighted by Gasteiger charge is 2.52. The topological polar surface area (TPSA) is 6.48 Å². The van der Waals surface area contributed by atoms with Crippen LogP contribution in [0, 0.1) is 0 Å². The second kappa shape index (κ2) is 10.9. The molecule has 3 heteroatoms. The van der Waals surface area contributed by atoms with E-state index in [1.807, 2.05) is 0 Å². The molecule has 6 aliphatic rings. The molecule has 0 N–H and O–H groups in total. The summed E-state index contributed by atoms with van der Waals surface area (Å²) in [6.07, 6.45) is 10.1. The SMILES string of the molecule is c1ccc(N2c3cc4c(cc3B3c5ccc6c(c5N(c5ccccc5)c5cccc2c53)-c2ccccc2C62CCCC2)C2(CCCC2)c2ccccc2-4)cc1. The molecule has 0 amide bonds. The third-order valence-electron chi connectivity index (χ3n) is 14.7. The van der Waals surface area contributed by atoms with Crippen molar-refractivity contribution in [2.24, 2.45) is 0 Å². The maximum absolute atomic E-state index is 2.71. The lowest BCUT2D eigenvalue weighted by atomic mass is 9.33. The fraction of sp³-hybridized carbons (Fsp3) is 0.192. The largest absolute Gasteiger partial charge is 0.311 e. The normalized spacial score (nSPS) is 18.1. The summed E-state index contributed by atoms with van der Waals surface area (Å²) in [7, 11) is 0. The molecule has 2 heterocycles. The highest BCUT2D eigenvalue weighted by Crippen LogP contribution is 2.61. The van der Waals surface area contributed by atoms with Gasteiger partial charge in [0.2, 0.25) is 0 Å². The van der Waals surface area contributed by atoms with Crippen molar-refractivity contribution in [1.29, 1.82) is 0 Å². The Bertz CT molecular complexity index is 2740. The van der Waals surface area contributed by atoms with Gasteiger partial charge in [0, 0.05) is 50.5 Å². The minimum atomic E-state index is 0.0949. The summed E-state index contributed by atoms with van der Waals surface area (Å²) < 4.78 is 0. The molecule has 0 radical (unpaired) electrons. The van der Waals surface area contributed by atoms with Gasteiger partial charge in [-0.05, 0) is 123 Å². The van der Waals surface area contributed by atoms with E-state index in [9.17, 15) is 0 Å². The standard InChI is InChI=1S/C52H41BN2/c1-3-16-34(17-4-1)54-45-24-15-25-46-49(45)53(44-33-42-38(32-47(44)54)36-20-7-9-22-39(36)52(42)30-13-14-31-52)43-27-26-41-48(50(43)55(46)35-18-5-2-6-19-35)37-21-8-10-23-40(37)51(41)28-11-12-29-51/h1-10,15-27,32-33H,11-14,28-31H2. The smallest absolute Gasteiger partial charge is 0.252 e. The highest BCUT2D eigenvalue weighted by atomic mass is 15.2. The minimum Gasteiger partial charge on any atom is -0.311 e. The molecule has 2 saturated carbocycles. The molecular formula is C52H41BN2. The van der Waals surface area contributed by atoms with Crippen molar-refractivity contribution in [3.8, 4) is 22.3 Å². The fourth-order valence-corrected chi connectivity index (χ4v) is 12.6. The van der Waals surface area contributed by atoms with Crippen molar-refractivity contribution in [2.45, 2.75) is 62.2 Å². The average Bonchev–Trinajstić information content (AvgIpc) is 4.05. The molecule has 2 nitrogen and oxygen atoms in total. The van der Waals surface area contributed by atoms with Crippen LogP contribution in [0.3, 0.4) is 0 Å². The second-order valence-corrected chi connectivity index (χ2v) is 17.0. The van der Waals surface area contributed by atoms with Crippen LogP contribution < -0.4 is 26.2 Å². The molecule has 262 valence electrons. The van der Waals surface area contributed by atoms with Crippen LogP contribution in [0.5, 0.6) is 0 Å². The Kier molecular flexibility index (Phi) is 6.06. The van der Waals surface area contributed by atoms with Crippen molar-refractivity contribution in [1.82, 2.24) is 0 Å². The van der Waals surface area contributed by atoms with Crippen molar-refractivity contribution in [3.05, 3.63) is 174 Å². The van der Waals surface area contributed by atoms with E-state index in [2.05, 4.69) is 161 Å². The lowest BCUT2D eigenvalue weighted by Gasteiger charge is -2.45. The molecule has 55 heavy (non-hydrogen) atoms. The fourth-order valence-electron chi connectivity index (χ4n) is 12.6. The van der Waals surface area contributed by atoms with E-state index in [-0.39, 0.29) is 17.5 Å². The van der Waals surface area contributed by atoms with Crippen LogP contribution in [-0.2, 0) is 10.8 Å². The van der Waals surface area contributed by atoms with E-state index in [1.165, 1.54) is 124 Å². The van der Waals surface area contributed by atoms with Crippen molar-refractivity contribution in [3.63, 3.8) is 0 Å². The third kappa shape index (κ3) is 3.77. The summed E-state index contributed by atoms with van der Waals surface area (Å²) in [5.74, 6) is 0. The molecule has 2 spiro atoms. The first-order valence-corrected chi connectivity index (χ1v) is 20.7. The number of nitrogens with zero attached hydrogens (tertiary/aromatic N) is 2. The molecule has 0 aromatic heterocycles. The Morgan fingerprint density at radius 3 is 1.65 bits per heavy atom. The number of anilines is 6. The molecule has 13 rings (SSSR count). The zero-order chi connectivity index (χ0) is 35.9.